The molecule has 0 aliphatic carbocycles. The number of carbonyl (C=O) groups excluding carboxylic acids is 1. The number of amides is 1. The number of aryl methyl sites for hydroxylation is 2. The van der Waals surface area contributed by atoms with Crippen LogP contribution in [0.25, 0.3) is 11.0 Å². The van der Waals surface area contributed by atoms with E-state index in [1.54, 1.807) is 17.1 Å². The van der Waals surface area contributed by atoms with Gasteiger partial charge in [0, 0.05) is 31.2 Å². The van der Waals surface area contributed by atoms with Gasteiger partial charge in [0.2, 0.25) is 0 Å². The number of aromatic nitrogens is 5. The van der Waals surface area contributed by atoms with Crippen LogP contribution >= 0.6 is 11.3 Å². The molecule has 0 radical (unpaired) electrons. The van der Waals surface area contributed by atoms with Crippen LogP contribution < -0.4 is 10.6 Å². The van der Waals surface area contributed by atoms with Crippen molar-refractivity contribution in [2.45, 2.75) is 13.3 Å². The van der Waals surface area contributed by atoms with Gasteiger partial charge >= 0.3 is 0 Å². The highest BCUT2D eigenvalue weighted by atomic mass is 32.1. The highest BCUT2D eigenvalue weighted by Gasteiger charge is 2.10. The predicted molar refractivity (Wildman–Crippen MR) is 88.6 cm³/mol. The molecule has 3 aromatic heterocycles. The van der Waals surface area contributed by atoms with Gasteiger partial charge < -0.3 is 10.6 Å². The predicted octanol–water partition coefficient (Wildman–Crippen LogP) is 1.22. The number of rotatable bonds is 6. The quantitative estimate of drug-likeness (QED) is 0.659. The van der Waals surface area contributed by atoms with Crippen LogP contribution in [0.15, 0.2) is 18.7 Å². The molecule has 1 amide bonds. The largest absolute Gasteiger partial charge is 0.368 e. The molecular formula is C14H17N7OS. The lowest BCUT2D eigenvalue weighted by atomic mass is 10.4. The molecule has 2 N–H and O–H groups in total. The second-order valence-electron chi connectivity index (χ2n) is 4.90. The van der Waals surface area contributed by atoms with Crippen LogP contribution in [0.2, 0.25) is 0 Å². The smallest absolute Gasteiger partial charge is 0.280 e. The van der Waals surface area contributed by atoms with Gasteiger partial charge in [-0.15, -0.1) is 11.3 Å². The second kappa shape index (κ2) is 6.69. The number of anilines is 1. The summed E-state index contributed by atoms with van der Waals surface area (Å²) in [5.74, 6) is 0.561. The molecule has 0 aliphatic heterocycles. The van der Waals surface area contributed by atoms with E-state index in [4.69, 9.17) is 0 Å². The molecule has 3 rings (SSSR count). The Kier molecular flexibility index (Phi) is 4.47. The first-order valence-corrected chi connectivity index (χ1v) is 8.10. The average Bonchev–Trinajstić information content (AvgIpc) is 3.19. The molecule has 3 aromatic rings. The van der Waals surface area contributed by atoms with Crippen molar-refractivity contribution in [1.29, 1.82) is 0 Å². The van der Waals surface area contributed by atoms with E-state index in [-0.39, 0.29) is 5.91 Å². The SMILES string of the molecule is CCc1cnc(C(=O)NCCNc2ncnc3c2cnn3C)s1. The minimum Gasteiger partial charge on any atom is -0.368 e. The zero-order valence-electron chi connectivity index (χ0n) is 12.9. The number of nitrogens with one attached hydrogen (secondary N) is 2. The van der Waals surface area contributed by atoms with Crippen LogP contribution in [0, 0.1) is 0 Å². The molecule has 0 aliphatic rings. The molecule has 0 saturated heterocycles. The molecule has 0 spiro atoms. The lowest BCUT2D eigenvalue weighted by molar-refractivity contribution is 0.0955. The lowest BCUT2D eigenvalue weighted by Crippen LogP contribution is -2.28. The van der Waals surface area contributed by atoms with E-state index in [9.17, 15) is 4.79 Å². The fraction of sp³-hybridized carbons (Fsp3) is 0.357. The van der Waals surface area contributed by atoms with Gasteiger partial charge in [-0.2, -0.15) is 5.10 Å². The summed E-state index contributed by atoms with van der Waals surface area (Å²) in [4.78, 5) is 25.6. The second-order valence-corrected chi connectivity index (χ2v) is 6.01. The van der Waals surface area contributed by atoms with E-state index in [2.05, 4.69) is 30.7 Å². The first-order chi connectivity index (χ1) is 11.2. The zero-order chi connectivity index (χ0) is 16.2. The molecule has 23 heavy (non-hydrogen) atoms. The average molecular weight is 331 g/mol. The van der Waals surface area contributed by atoms with Crippen molar-refractivity contribution < 1.29 is 4.79 Å². The molecule has 3 heterocycles. The van der Waals surface area contributed by atoms with E-state index in [1.165, 1.54) is 17.7 Å². The van der Waals surface area contributed by atoms with Crippen LogP contribution in [-0.2, 0) is 13.5 Å². The number of fused-ring (bicyclic) bond motifs is 1. The minimum atomic E-state index is -0.147. The van der Waals surface area contributed by atoms with Gasteiger partial charge in [-0.05, 0) is 6.42 Å². The molecular weight excluding hydrogens is 314 g/mol. The standard InChI is InChI=1S/C14H17N7OS/c1-3-9-6-17-14(23-9)13(22)16-5-4-15-11-10-7-20-21(2)12(10)19-8-18-11/h6-8H,3-5H2,1-2H3,(H,16,22)(H,15,18,19). The Labute approximate surface area is 137 Å². The van der Waals surface area contributed by atoms with Crippen molar-refractivity contribution in [3.05, 3.63) is 28.6 Å². The van der Waals surface area contributed by atoms with Crippen LogP contribution in [0.5, 0.6) is 0 Å². The summed E-state index contributed by atoms with van der Waals surface area (Å²) in [5, 5.41) is 11.5. The van der Waals surface area contributed by atoms with E-state index in [1.807, 2.05) is 14.0 Å². The van der Waals surface area contributed by atoms with Crippen molar-refractivity contribution in [3.8, 4) is 0 Å². The van der Waals surface area contributed by atoms with Crippen molar-refractivity contribution in [2.75, 3.05) is 18.4 Å². The molecule has 0 atom stereocenters. The van der Waals surface area contributed by atoms with E-state index < -0.39 is 0 Å². The van der Waals surface area contributed by atoms with Gasteiger partial charge in [0.15, 0.2) is 10.7 Å². The summed E-state index contributed by atoms with van der Waals surface area (Å²) in [6.45, 7) is 3.07. The highest BCUT2D eigenvalue weighted by Crippen LogP contribution is 2.17. The fourth-order valence-corrected chi connectivity index (χ4v) is 2.88. The third-order valence-corrected chi connectivity index (χ3v) is 4.47. The van der Waals surface area contributed by atoms with Gasteiger partial charge in [-0.25, -0.2) is 15.0 Å². The fourth-order valence-electron chi connectivity index (χ4n) is 2.11. The maximum absolute atomic E-state index is 12.0. The molecule has 8 nitrogen and oxygen atoms in total. The first kappa shape index (κ1) is 15.3. The Morgan fingerprint density at radius 1 is 1.26 bits per heavy atom. The van der Waals surface area contributed by atoms with E-state index in [0.717, 1.165) is 22.3 Å². The summed E-state index contributed by atoms with van der Waals surface area (Å²) in [7, 11) is 1.83. The third-order valence-electron chi connectivity index (χ3n) is 3.33. The normalized spacial score (nSPS) is 10.9. The molecule has 0 aromatic carbocycles. The maximum Gasteiger partial charge on any atom is 0.280 e. The third kappa shape index (κ3) is 3.29. The van der Waals surface area contributed by atoms with Crippen molar-refractivity contribution in [3.63, 3.8) is 0 Å². The van der Waals surface area contributed by atoms with Gasteiger partial charge in [0.05, 0.1) is 11.6 Å². The summed E-state index contributed by atoms with van der Waals surface area (Å²) >= 11 is 1.42. The van der Waals surface area contributed by atoms with E-state index in [0.29, 0.717) is 23.9 Å². The monoisotopic (exact) mass is 331 g/mol. The Balaban J connectivity index is 1.54. The molecule has 120 valence electrons. The zero-order valence-corrected chi connectivity index (χ0v) is 13.7. The van der Waals surface area contributed by atoms with Gasteiger partial charge in [0.1, 0.15) is 12.1 Å². The summed E-state index contributed by atoms with van der Waals surface area (Å²) in [6.07, 6.45) is 5.85. The van der Waals surface area contributed by atoms with Gasteiger partial charge in [-0.3, -0.25) is 9.48 Å². The van der Waals surface area contributed by atoms with Crippen LogP contribution in [0.3, 0.4) is 0 Å². The van der Waals surface area contributed by atoms with Gasteiger partial charge in [-0.1, -0.05) is 6.92 Å². The summed E-state index contributed by atoms with van der Waals surface area (Å²) in [6, 6.07) is 0. The molecule has 0 saturated carbocycles. The number of nitrogens with zero attached hydrogens (tertiary/aromatic N) is 5. The summed E-state index contributed by atoms with van der Waals surface area (Å²) < 4.78 is 1.69. The van der Waals surface area contributed by atoms with Gasteiger partial charge in [0.25, 0.3) is 5.91 Å². The number of hydrogen-bond donors (Lipinski definition) is 2. The Bertz CT molecular complexity index is 826. The van der Waals surface area contributed by atoms with Crippen LogP contribution in [0.4, 0.5) is 5.82 Å². The first-order valence-electron chi connectivity index (χ1n) is 7.28. The molecule has 0 fully saturated rings. The van der Waals surface area contributed by atoms with Crippen molar-refractivity contribution in [2.24, 2.45) is 7.05 Å². The van der Waals surface area contributed by atoms with E-state index >= 15 is 0 Å². The van der Waals surface area contributed by atoms with Crippen molar-refractivity contribution in [1.82, 2.24) is 30.0 Å². The number of hydrogen-bond acceptors (Lipinski definition) is 7. The molecule has 9 heteroatoms. The lowest BCUT2D eigenvalue weighted by Gasteiger charge is -2.07. The summed E-state index contributed by atoms with van der Waals surface area (Å²) in [5.41, 5.74) is 0.765. The van der Waals surface area contributed by atoms with Crippen LogP contribution in [0.1, 0.15) is 21.6 Å². The molecule has 0 unspecified atom stereocenters. The Morgan fingerprint density at radius 2 is 2.13 bits per heavy atom. The van der Waals surface area contributed by atoms with Crippen LogP contribution in [-0.4, -0.2) is 43.7 Å². The minimum absolute atomic E-state index is 0.147. The Morgan fingerprint density at radius 3 is 2.91 bits per heavy atom. The Hall–Kier alpha value is -2.55. The van der Waals surface area contributed by atoms with Crippen molar-refractivity contribution >= 4 is 34.1 Å². The number of carbonyl (C=O) groups is 1. The number of thiazole rings is 1. The maximum atomic E-state index is 12.0. The topological polar surface area (TPSA) is 97.6 Å². The highest BCUT2D eigenvalue weighted by molar-refractivity contribution is 7.13. The molecule has 0 bridgehead atoms.